The maximum absolute atomic E-state index is 10.6. The van der Waals surface area contributed by atoms with Gasteiger partial charge in [-0.2, -0.15) is 0 Å². The molecule has 1 atom stereocenters. The zero-order valence-corrected chi connectivity index (χ0v) is 12.0. The SMILES string of the molecule is COc1ccc(CN(C)CC(C)O)cc1C=CC(=O)O. The van der Waals surface area contributed by atoms with Crippen LogP contribution in [0.4, 0.5) is 0 Å². The predicted molar refractivity (Wildman–Crippen MR) is 77.7 cm³/mol. The van der Waals surface area contributed by atoms with Gasteiger partial charge in [0, 0.05) is 24.7 Å². The van der Waals surface area contributed by atoms with Crippen molar-refractivity contribution in [2.75, 3.05) is 20.7 Å². The Balaban J connectivity index is 2.89. The Kier molecular flexibility index (Phi) is 6.21. The Morgan fingerprint density at radius 3 is 2.75 bits per heavy atom. The summed E-state index contributed by atoms with van der Waals surface area (Å²) in [5.41, 5.74) is 1.75. The summed E-state index contributed by atoms with van der Waals surface area (Å²) in [5, 5.41) is 18.0. The number of carboxylic acid groups (broad SMARTS) is 1. The lowest BCUT2D eigenvalue weighted by molar-refractivity contribution is -0.131. The zero-order chi connectivity index (χ0) is 15.1. The number of aliphatic hydroxyl groups is 1. The van der Waals surface area contributed by atoms with Gasteiger partial charge in [0.1, 0.15) is 5.75 Å². The van der Waals surface area contributed by atoms with Gasteiger partial charge in [-0.05, 0) is 37.7 Å². The van der Waals surface area contributed by atoms with Crippen LogP contribution in [0.15, 0.2) is 24.3 Å². The molecule has 5 heteroatoms. The van der Waals surface area contributed by atoms with Crippen LogP contribution < -0.4 is 4.74 Å². The summed E-state index contributed by atoms with van der Waals surface area (Å²) >= 11 is 0. The molecular formula is C15H21NO4. The predicted octanol–water partition coefficient (Wildman–Crippen LogP) is 1.61. The smallest absolute Gasteiger partial charge is 0.328 e. The van der Waals surface area contributed by atoms with E-state index in [1.54, 1.807) is 14.0 Å². The third kappa shape index (κ3) is 5.42. The molecule has 0 aliphatic rings. The molecule has 1 aromatic rings. The minimum Gasteiger partial charge on any atom is -0.496 e. The third-order valence-electron chi connectivity index (χ3n) is 2.73. The van der Waals surface area contributed by atoms with Gasteiger partial charge in [-0.15, -0.1) is 0 Å². The second-order valence-corrected chi connectivity index (χ2v) is 4.79. The van der Waals surface area contributed by atoms with Gasteiger partial charge < -0.3 is 14.9 Å². The van der Waals surface area contributed by atoms with Gasteiger partial charge in [0.15, 0.2) is 0 Å². The van der Waals surface area contributed by atoms with Crippen LogP contribution in [0.5, 0.6) is 5.75 Å². The van der Waals surface area contributed by atoms with Crippen molar-refractivity contribution in [2.24, 2.45) is 0 Å². The standard InChI is InChI=1S/C15H21NO4/c1-11(17)9-16(2)10-12-4-6-14(20-3)13(8-12)5-7-15(18)19/h4-8,11,17H,9-10H2,1-3H3,(H,18,19). The number of hydrogen-bond donors (Lipinski definition) is 2. The molecule has 0 amide bonds. The molecular weight excluding hydrogens is 258 g/mol. The van der Waals surface area contributed by atoms with E-state index in [1.807, 2.05) is 30.1 Å². The third-order valence-corrected chi connectivity index (χ3v) is 2.73. The Morgan fingerprint density at radius 1 is 1.50 bits per heavy atom. The molecule has 0 radical (unpaired) electrons. The first-order valence-electron chi connectivity index (χ1n) is 6.37. The highest BCUT2D eigenvalue weighted by atomic mass is 16.5. The first-order chi connectivity index (χ1) is 9.42. The lowest BCUT2D eigenvalue weighted by atomic mass is 10.1. The molecule has 2 N–H and O–H groups in total. The Hall–Kier alpha value is -1.85. The molecule has 0 aliphatic carbocycles. The Morgan fingerprint density at radius 2 is 2.20 bits per heavy atom. The van der Waals surface area contributed by atoms with E-state index in [1.165, 1.54) is 6.08 Å². The van der Waals surface area contributed by atoms with Crippen LogP contribution in [0.25, 0.3) is 6.08 Å². The van der Waals surface area contributed by atoms with Crippen LogP contribution in [-0.2, 0) is 11.3 Å². The Labute approximate surface area is 119 Å². The molecule has 0 heterocycles. The van der Waals surface area contributed by atoms with Gasteiger partial charge >= 0.3 is 5.97 Å². The second-order valence-electron chi connectivity index (χ2n) is 4.79. The minimum absolute atomic E-state index is 0.385. The summed E-state index contributed by atoms with van der Waals surface area (Å²) < 4.78 is 5.20. The van der Waals surface area contributed by atoms with E-state index in [-0.39, 0.29) is 6.10 Å². The molecule has 1 unspecified atom stereocenters. The summed E-state index contributed by atoms with van der Waals surface area (Å²) in [5.74, 6) is -0.367. The Bertz CT molecular complexity index is 483. The van der Waals surface area contributed by atoms with E-state index >= 15 is 0 Å². The maximum Gasteiger partial charge on any atom is 0.328 e. The van der Waals surface area contributed by atoms with E-state index in [4.69, 9.17) is 9.84 Å². The van der Waals surface area contributed by atoms with Crippen molar-refractivity contribution in [3.05, 3.63) is 35.4 Å². The van der Waals surface area contributed by atoms with Crippen molar-refractivity contribution in [1.82, 2.24) is 4.90 Å². The van der Waals surface area contributed by atoms with Crippen LogP contribution in [0, 0.1) is 0 Å². The van der Waals surface area contributed by atoms with Crippen molar-refractivity contribution < 1.29 is 19.7 Å². The van der Waals surface area contributed by atoms with Gasteiger partial charge in [0.2, 0.25) is 0 Å². The van der Waals surface area contributed by atoms with Crippen molar-refractivity contribution >= 4 is 12.0 Å². The molecule has 0 saturated heterocycles. The summed E-state index contributed by atoms with van der Waals surface area (Å²) in [6.45, 7) is 2.99. The minimum atomic E-state index is -0.997. The zero-order valence-electron chi connectivity index (χ0n) is 12.0. The first-order valence-corrected chi connectivity index (χ1v) is 6.37. The van der Waals surface area contributed by atoms with Gasteiger partial charge in [-0.1, -0.05) is 6.07 Å². The van der Waals surface area contributed by atoms with Crippen LogP contribution in [0.3, 0.4) is 0 Å². The number of aliphatic hydroxyl groups excluding tert-OH is 1. The van der Waals surface area contributed by atoms with Crippen molar-refractivity contribution in [2.45, 2.75) is 19.6 Å². The van der Waals surface area contributed by atoms with E-state index in [0.717, 1.165) is 17.2 Å². The van der Waals surface area contributed by atoms with Gasteiger partial charge in [-0.3, -0.25) is 4.90 Å². The fourth-order valence-electron chi connectivity index (χ4n) is 2.00. The number of hydrogen-bond acceptors (Lipinski definition) is 4. The highest BCUT2D eigenvalue weighted by molar-refractivity contribution is 5.85. The quantitative estimate of drug-likeness (QED) is 0.742. The van der Waals surface area contributed by atoms with Crippen LogP contribution in [-0.4, -0.2) is 47.9 Å². The van der Waals surface area contributed by atoms with Gasteiger partial charge in [0.25, 0.3) is 0 Å². The van der Waals surface area contributed by atoms with E-state index in [9.17, 15) is 9.90 Å². The van der Waals surface area contributed by atoms with Crippen LogP contribution in [0.1, 0.15) is 18.1 Å². The van der Waals surface area contributed by atoms with Crippen molar-refractivity contribution in [3.63, 3.8) is 0 Å². The molecule has 0 bridgehead atoms. The van der Waals surface area contributed by atoms with Crippen LogP contribution in [0.2, 0.25) is 0 Å². The molecule has 1 rings (SSSR count). The summed E-state index contributed by atoms with van der Waals surface area (Å²) in [6, 6.07) is 5.62. The number of benzene rings is 1. The average molecular weight is 279 g/mol. The highest BCUT2D eigenvalue weighted by Crippen LogP contribution is 2.22. The summed E-state index contributed by atoms with van der Waals surface area (Å²) in [6.07, 6.45) is 2.21. The normalized spacial score (nSPS) is 12.8. The van der Waals surface area contributed by atoms with E-state index in [0.29, 0.717) is 18.8 Å². The number of methoxy groups -OCH3 is 1. The number of carboxylic acids is 1. The molecule has 0 saturated carbocycles. The highest BCUT2D eigenvalue weighted by Gasteiger charge is 2.07. The molecule has 1 aromatic carbocycles. The molecule has 0 aromatic heterocycles. The van der Waals surface area contributed by atoms with Gasteiger partial charge in [-0.25, -0.2) is 4.79 Å². The number of carbonyl (C=O) groups is 1. The number of likely N-dealkylation sites (N-methyl/N-ethyl adjacent to an activating group) is 1. The number of ether oxygens (including phenoxy) is 1. The molecule has 0 fully saturated rings. The van der Waals surface area contributed by atoms with E-state index in [2.05, 4.69) is 0 Å². The maximum atomic E-state index is 10.6. The lowest BCUT2D eigenvalue weighted by Crippen LogP contribution is -2.26. The lowest BCUT2D eigenvalue weighted by Gasteiger charge is -2.19. The topological polar surface area (TPSA) is 70.0 Å². The largest absolute Gasteiger partial charge is 0.496 e. The fourth-order valence-corrected chi connectivity index (χ4v) is 2.00. The van der Waals surface area contributed by atoms with E-state index < -0.39 is 5.97 Å². The first kappa shape index (κ1) is 16.2. The molecule has 20 heavy (non-hydrogen) atoms. The number of nitrogens with zero attached hydrogens (tertiary/aromatic N) is 1. The summed E-state index contributed by atoms with van der Waals surface area (Å²) in [4.78, 5) is 12.6. The van der Waals surface area contributed by atoms with Gasteiger partial charge in [0.05, 0.1) is 13.2 Å². The molecule has 0 spiro atoms. The molecule has 110 valence electrons. The average Bonchev–Trinajstić information content (AvgIpc) is 2.35. The van der Waals surface area contributed by atoms with Crippen LogP contribution >= 0.6 is 0 Å². The second kappa shape index (κ2) is 7.67. The van der Waals surface area contributed by atoms with Crippen molar-refractivity contribution in [1.29, 1.82) is 0 Å². The molecule has 5 nitrogen and oxygen atoms in total. The fraction of sp³-hybridized carbons (Fsp3) is 0.400. The number of rotatable bonds is 7. The summed E-state index contributed by atoms with van der Waals surface area (Å²) in [7, 11) is 3.47. The number of aliphatic carboxylic acids is 1. The molecule has 0 aliphatic heterocycles. The monoisotopic (exact) mass is 279 g/mol. The van der Waals surface area contributed by atoms with Crippen molar-refractivity contribution in [3.8, 4) is 5.75 Å².